The lowest BCUT2D eigenvalue weighted by Gasteiger charge is -2.45. The van der Waals surface area contributed by atoms with Gasteiger partial charge >= 0.3 is 6.03 Å². The number of ether oxygens (including phenoxy) is 2. The molecule has 3 heterocycles. The summed E-state index contributed by atoms with van der Waals surface area (Å²) in [6.45, 7) is 3.63. The Balaban J connectivity index is 1.57. The smallest absolute Gasteiger partial charge is 0.328 e. The van der Waals surface area contributed by atoms with Crippen LogP contribution < -0.4 is 20.3 Å². The van der Waals surface area contributed by atoms with Crippen molar-refractivity contribution in [2.24, 2.45) is 0 Å². The molecule has 29 heavy (non-hydrogen) atoms. The third-order valence-corrected chi connectivity index (χ3v) is 5.82. The highest BCUT2D eigenvalue weighted by Gasteiger charge is 2.39. The standard InChI is InChI=1S/C20H26N4O5/c1-28-16-3-2-14(12-15(16)24-9-4-17(25)22-19(24)27)18(26)23-10-11-29-20(13-23)5-7-21-8-6-20/h2-3,12,21H,4-11,13H2,1H3,(H,22,25,27). The van der Waals surface area contributed by atoms with Crippen LogP contribution in [0.5, 0.6) is 5.75 Å². The van der Waals surface area contributed by atoms with Crippen LogP contribution in [0.3, 0.4) is 0 Å². The molecule has 2 N–H and O–H groups in total. The zero-order valence-corrected chi connectivity index (χ0v) is 16.5. The van der Waals surface area contributed by atoms with Crippen LogP contribution in [0.2, 0.25) is 0 Å². The Morgan fingerprint density at radius 2 is 2.00 bits per heavy atom. The molecule has 0 aliphatic carbocycles. The summed E-state index contributed by atoms with van der Waals surface area (Å²) in [5, 5.41) is 5.64. The molecule has 4 amide bonds. The van der Waals surface area contributed by atoms with Gasteiger partial charge in [-0.2, -0.15) is 0 Å². The first-order valence-electron chi connectivity index (χ1n) is 9.95. The van der Waals surface area contributed by atoms with Crippen molar-refractivity contribution in [3.05, 3.63) is 23.8 Å². The van der Waals surface area contributed by atoms with Crippen molar-refractivity contribution in [1.29, 1.82) is 0 Å². The normalized spacial score (nSPS) is 21.8. The number of hydrogen-bond donors (Lipinski definition) is 2. The first-order valence-corrected chi connectivity index (χ1v) is 9.95. The molecular formula is C20H26N4O5. The lowest BCUT2D eigenvalue weighted by molar-refractivity contribution is -0.120. The Labute approximate surface area is 169 Å². The van der Waals surface area contributed by atoms with E-state index in [0.29, 0.717) is 36.7 Å². The lowest BCUT2D eigenvalue weighted by atomic mass is 9.90. The highest BCUT2D eigenvalue weighted by Crippen LogP contribution is 2.32. The zero-order valence-electron chi connectivity index (χ0n) is 16.5. The number of hydrogen-bond acceptors (Lipinski definition) is 6. The quantitative estimate of drug-likeness (QED) is 0.774. The number of rotatable bonds is 3. The molecule has 1 aromatic rings. The van der Waals surface area contributed by atoms with Crippen LogP contribution in [0.4, 0.5) is 10.5 Å². The molecule has 9 nitrogen and oxygen atoms in total. The van der Waals surface area contributed by atoms with Crippen molar-refractivity contribution in [3.8, 4) is 5.75 Å². The predicted molar refractivity (Wildman–Crippen MR) is 105 cm³/mol. The van der Waals surface area contributed by atoms with Gasteiger partial charge in [0.15, 0.2) is 0 Å². The number of nitrogens with one attached hydrogen (secondary N) is 2. The fraction of sp³-hybridized carbons (Fsp3) is 0.550. The van der Waals surface area contributed by atoms with E-state index >= 15 is 0 Å². The van der Waals surface area contributed by atoms with E-state index < -0.39 is 6.03 Å². The number of methoxy groups -OCH3 is 1. The summed E-state index contributed by atoms with van der Waals surface area (Å²) in [6.07, 6.45) is 1.96. The number of piperidine rings is 1. The maximum Gasteiger partial charge on any atom is 0.328 e. The summed E-state index contributed by atoms with van der Waals surface area (Å²) in [4.78, 5) is 40.2. The van der Waals surface area contributed by atoms with Gasteiger partial charge in [0.1, 0.15) is 5.75 Å². The number of nitrogens with zero attached hydrogens (tertiary/aromatic N) is 2. The van der Waals surface area contributed by atoms with Crippen LogP contribution in [-0.2, 0) is 9.53 Å². The monoisotopic (exact) mass is 402 g/mol. The van der Waals surface area contributed by atoms with Crippen molar-refractivity contribution in [2.45, 2.75) is 24.9 Å². The molecule has 9 heteroatoms. The molecule has 3 saturated heterocycles. The van der Waals surface area contributed by atoms with E-state index in [-0.39, 0.29) is 30.4 Å². The average Bonchev–Trinajstić information content (AvgIpc) is 2.73. The largest absolute Gasteiger partial charge is 0.495 e. The number of imide groups is 1. The summed E-state index contributed by atoms with van der Waals surface area (Å²) < 4.78 is 11.4. The van der Waals surface area contributed by atoms with E-state index in [2.05, 4.69) is 10.6 Å². The fourth-order valence-electron chi connectivity index (χ4n) is 4.21. The molecular weight excluding hydrogens is 376 g/mol. The van der Waals surface area contributed by atoms with E-state index in [0.717, 1.165) is 25.9 Å². The van der Waals surface area contributed by atoms with Crippen LogP contribution in [0.1, 0.15) is 29.6 Å². The number of anilines is 1. The Bertz CT molecular complexity index is 816. The topological polar surface area (TPSA) is 100 Å². The van der Waals surface area contributed by atoms with Crippen molar-refractivity contribution in [1.82, 2.24) is 15.5 Å². The van der Waals surface area contributed by atoms with Crippen LogP contribution >= 0.6 is 0 Å². The van der Waals surface area contributed by atoms with E-state index in [1.807, 2.05) is 4.90 Å². The second-order valence-electron chi connectivity index (χ2n) is 7.65. The van der Waals surface area contributed by atoms with Gasteiger partial charge in [-0.25, -0.2) is 4.79 Å². The molecule has 0 saturated carbocycles. The Morgan fingerprint density at radius 3 is 2.72 bits per heavy atom. The number of carbonyl (C=O) groups is 3. The molecule has 0 radical (unpaired) electrons. The number of carbonyl (C=O) groups excluding carboxylic acids is 3. The average molecular weight is 402 g/mol. The fourth-order valence-corrected chi connectivity index (χ4v) is 4.21. The number of morpholine rings is 1. The van der Waals surface area contributed by atoms with Gasteiger partial charge < -0.3 is 19.7 Å². The van der Waals surface area contributed by atoms with Gasteiger partial charge in [-0.3, -0.25) is 19.8 Å². The first-order chi connectivity index (χ1) is 14.0. The minimum Gasteiger partial charge on any atom is -0.495 e. The molecule has 1 aromatic carbocycles. The van der Waals surface area contributed by atoms with Crippen LogP contribution in [0.15, 0.2) is 18.2 Å². The van der Waals surface area contributed by atoms with Crippen molar-refractivity contribution < 1.29 is 23.9 Å². The summed E-state index contributed by atoms with van der Waals surface area (Å²) in [7, 11) is 1.51. The van der Waals surface area contributed by atoms with Crippen LogP contribution in [0, 0.1) is 0 Å². The maximum atomic E-state index is 13.2. The van der Waals surface area contributed by atoms with E-state index in [9.17, 15) is 14.4 Å². The van der Waals surface area contributed by atoms with Gasteiger partial charge in [-0.15, -0.1) is 0 Å². The van der Waals surface area contributed by atoms with Crippen LogP contribution in [0.25, 0.3) is 0 Å². The van der Waals surface area contributed by atoms with E-state index in [1.165, 1.54) is 12.0 Å². The lowest BCUT2D eigenvalue weighted by Crippen LogP contribution is -2.57. The van der Waals surface area contributed by atoms with E-state index in [4.69, 9.17) is 9.47 Å². The Kier molecular flexibility index (Phi) is 5.42. The zero-order chi connectivity index (χ0) is 20.4. The SMILES string of the molecule is COc1ccc(C(=O)N2CCOC3(CCNCC3)C2)cc1N1CCC(=O)NC1=O. The van der Waals surface area contributed by atoms with Gasteiger partial charge in [0.05, 0.1) is 31.5 Å². The van der Waals surface area contributed by atoms with Crippen molar-refractivity contribution in [3.63, 3.8) is 0 Å². The Hall–Kier alpha value is -2.65. The van der Waals surface area contributed by atoms with Crippen molar-refractivity contribution in [2.75, 3.05) is 51.3 Å². The highest BCUT2D eigenvalue weighted by atomic mass is 16.5. The first kappa shape index (κ1) is 19.7. The van der Waals surface area contributed by atoms with Gasteiger partial charge in [0.25, 0.3) is 5.91 Å². The number of amides is 4. The molecule has 0 bridgehead atoms. The van der Waals surface area contributed by atoms with E-state index in [1.54, 1.807) is 18.2 Å². The van der Waals surface area contributed by atoms with Crippen molar-refractivity contribution >= 4 is 23.5 Å². The highest BCUT2D eigenvalue weighted by molar-refractivity contribution is 6.07. The van der Waals surface area contributed by atoms with Crippen LogP contribution in [-0.4, -0.2) is 74.8 Å². The van der Waals surface area contributed by atoms with Gasteiger partial charge in [-0.1, -0.05) is 0 Å². The summed E-state index contributed by atoms with van der Waals surface area (Å²) >= 11 is 0. The second kappa shape index (κ2) is 8.00. The Morgan fingerprint density at radius 1 is 1.21 bits per heavy atom. The molecule has 156 valence electrons. The molecule has 0 atom stereocenters. The van der Waals surface area contributed by atoms with Gasteiger partial charge in [0.2, 0.25) is 5.91 Å². The molecule has 1 spiro atoms. The number of urea groups is 1. The predicted octanol–water partition coefficient (Wildman–Crippen LogP) is 0.736. The minimum atomic E-state index is -0.510. The third kappa shape index (κ3) is 3.92. The number of benzene rings is 1. The minimum absolute atomic E-state index is 0.0939. The van der Waals surface area contributed by atoms with Gasteiger partial charge in [0, 0.05) is 25.1 Å². The summed E-state index contributed by atoms with van der Waals surface area (Å²) in [6, 6.07) is 4.56. The molecule has 3 aliphatic rings. The summed E-state index contributed by atoms with van der Waals surface area (Å²) in [5.41, 5.74) is 0.686. The molecule has 0 aromatic heterocycles. The molecule has 0 unspecified atom stereocenters. The van der Waals surface area contributed by atoms with Gasteiger partial charge in [-0.05, 0) is 44.1 Å². The summed E-state index contributed by atoms with van der Waals surface area (Å²) in [5.74, 6) is 0.0736. The maximum absolute atomic E-state index is 13.2. The molecule has 3 fully saturated rings. The second-order valence-corrected chi connectivity index (χ2v) is 7.65. The molecule has 3 aliphatic heterocycles. The molecule has 4 rings (SSSR count). The third-order valence-electron chi connectivity index (χ3n) is 5.82.